The van der Waals surface area contributed by atoms with Crippen LogP contribution in [-0.4, -0.2) is 34.3 Å². The first-order valence-corrected chi connectivity index (χ1v) is 6.36. The molecular formula is C12H17NO3S. The van der Waals surface area contributed by atoms with Gasteiger partial charge < -0.3 is 5.11 Å². The van der Waals surface area contributed by atoms with Crippen molar-refractivity contribution in [3.05, 3.63) is 22.4 Å². The van der Waals surface area contributed by atoms with Crippen LogP contribution in [0.5, 0.6) is 0 Å². The lowest BCUT2D eigenvalue weighted by Crippen LogP contribution is -2.57. The molecule has 1 atom stereocenters. The molecule has 0 aliphatic heterocycles. The van der Waals surface area contributed by atoms with Crippen molar-refractivity contribution in [1.82, 2.24) is 4.90 Å². The van der Waals surface area contributed by atoms with Crippen molar-refractivity contribution < 1.29 is 14.7 Å². The molecule has 0 bridgehead atoms. The van der Waals surface area contributed by atoms with E-state index in [0.29, 0.717) is 6.54 Å². The Bertz CT molecular complexity index is 386. The van der Waals surface area contributed by atoms with Crippen LogP contribution in [0.4, 0.5) is 0 Å². The van der Waals surface area contributed by atoms with Crippen molar-refractivity contribution in [2.24, 2.45) is 0 Å². The number of carbonyl (C=O) groups is 2. The summed E-state index contributed by atoms with van der Waals surface area (Å²) in [5, 5.41) is 13.2. The number of likely N-dealkylation sites (N-methyl/N-ethyl adjacent to an activating group) is 1. The summed E-state index contributed by atoms with van der Waals surface area (Å²) in [5.74, 6) is -1.41. The van der Waals surface area contributed by atoms with E-state index < -0.39 is 11.5 Å². The fourth-order valence-corrected chi connectivity index (χ4v) is 2.70. The molecule has 1 unspecified atom stereocenters. The number of rotatable bonds is 6. The van der Waals surface area contributed by atoms with Gasteiger partial charge in [0.25, 0.3) is 0 Å². The second kappa shape index (κ2) is 5.42. The smallest absolute Gasteiger partial charge is 0.331 e. The van der Waals surface area contributed by atoms with Crippen molar-refractivity contribution in [3.8, 4) is 0 Å². The summed E-state index contributed by atoms with van der Waals surface area (Å²) < 4.78 is 0. The Balaban J connectivity index is 2.98. The molecule has 0 spiro atoms. The highest BCUT2D eigenvalue weighted by atomic mass is 32.1. The zero-order chi connectivity index (χ0) is 13.1. The Labute approximate surface area is 105 Å². The van der Waals surface area contributed by atoms with Gasteiger partial charge in [-0.05, 0) is 42.8 Å². The molecule has 0 aliphatic carbocycles. The summed E-state index contributed by atoms with van der Waals surface area (Å²) in [4.78, 5) is 24.7. The van der Waals surface area contributed by atoms with E-state index in [2.05, 4.69) is 0 Å². The Morgan fingerprint density at radius 2 is 2.18 bits per heavy atom. The second-order valence-electron chi connectivity index (χ2n) is 4.06. The Morgan fingerprint density at radius 3 is 2.53 bits per heavy atom. The van der Waals surface area contributed by atoms with Crippen LogP contribution < -0.4 is 0 Å². The van der Waals surface area contributed by atoms with Crippen molar-refractivity contribution in [3.63, 3.8) is 0 Å². The fraction of sp³-hybridized carbons (Fsp3) is 0.500. The van der Waals surface area contributed by atoms with Gasteiger partial charge in [0, 0.05) is 6.54 Å². The summed E-state index contributed by atoms with van der Waals surface area (Å²) >= 11 is 1.56. The molecule has 0 amide bonds. The second-order valence-corrected chi connectivity index (χ2v) is 4.84. The van der Waals surface area contributed by atoms with Gasteiger partial charge in [-0.15, -0.1) is 0 Å². The average Bonchev–Trinajstić information content (AvgIpc) is 2.70. The number of ketones is 1. The van der Waals surface area contributed by atoms with Crippen LogP contribution in [0.15, 0.2) is 16.8 Å². The largest absolute Gasteiger partial charge is 0.480 e. The van der Waals surface area contributed by atoms with Crippen molar-refractivity contribution in [2.45, 2.75) is 32.4 Å². The average molecular weight is 255 g/mol. The van der Waals surface area contributed by atoms with Gasteiger partial charge in [0.2, 0.25) is 0 Å². The molecule has 0 saturated heterocycles. The molecular weight excluding hydrogens is 238 g/mol. The van der Waals surface area contributed by atoms with E-state index in [-0.39, 0.29) is 12.2 Å². The van der Waals surface area contributed by atoms with Crippen LogP contribution in [0.25, 0.3) is 0 Å². The van der Waals surface area contributed by atoms with Crippen LogP contribution in [0, 0.1) is 0 Å². The van der Waals surface area contributed by atoms with Gasteiger partial charge >= 0.3 is 5.97 Å². The highest BCUT2D eigenvalue weighted by molar-refractivity contribution is 7.07. The number of thiophene rings is 1. The topological polar surface area (TPSA) is 57.6 Å². The third-order valence-corrected chi connectivity index (χ3v) is 3.83. The summed E-state index contributed by atoms with van der Waals surface area (Å²) in [6.07, 6.45) is 0.262. The maximum Gasteiger partial charge on any atom is 0.331 e. The maximum atomic E-state index is 11.7. The number of carbonyl (C=O) groups excluding carboxylic acids is 1. The highest BCUT2D eigenvalue weighted by Gasteiger charge is 2.45. The van der Waals surface area contributed by atoms with E-state index >= 15 is 0 Å². The van der Waals surface area contributed by atoms with E-state index in [1.54, 1.807) is 30.2 Å². The van der Waals surface area contributed by atoms with Crippen LogP contribution in [0.1, 0.15) is 25.8 Å². The van der Waals surface area contributed by atoms with Crippen molar-refractivity contribution in [2.75, 3.05) is 7.05 Å². The van der Waals surface area contributed by atoms with E-state index in [1.165, 1.54) is 6.92 Å². The first-order valence-electron chi connectivity index (χ1n) is 5.42. The van der Waals surface area contributed by atoms with E-state index in [1.807, 2.05) is 16.8 Å². The van der Waals surface area contributed by atoms with Crippen LogP contribution in [-0.2, 0) is 16.1 Å². The zero-order valence-electron chi connectivity index (χ0n) is 10.3. The van der Waals surface area contributed by atoms with Crippen LogP contribution in [0.2, 0.25) is 0 Å². The number of nitrogens with zero attached hydrogens (tertiary/aromatic N) is 1. The summed E-state index contributed by atoms with van der Waals surface area (Å²) in [6.45, 7) is 3.52. The summed E-state index contributed by atoms with van der Waals surface area (Å²) in [6, 6.07) is 1.93. The molecule has 0 aromatic carbocycles. The van der Waals surface area contributed by atoms with Gasteiger partial charge in [-0.2, -0.15) is 11.3 Å². The fourth-order valence-electron chi connectivity index (χ4n) is 2.04. The number of Topliss-reactive ketones (excluding diaryl/α,β-unsaturated/α-hetero) is 1. The van der Waals surface area contributed by atoms with Crippen molar-refractivity contribution >= 4 is 23.1 Å². The van der Waals surface area contributed by atoms with Crippen LogP contribution in [0.3, 0.4) is 0 Å². The molecule has 94 valence electrons. The Hall–Kier alpha value is -1.20. The summed E-state index contributed by atoms with van der Waals surface area (Å²) in [7, 11) is 1.68. The predicted molar refractivity (Wildman–Crippen MR) is 67.1 cm³/mol. The maximum absolute atomic E-state index is 11.7. The van der Waals surface area contributed by atoms with Gasteiger partial charge in [0.15, 0.2) is 11.3 Å². The van der Waals surface area contributed by atoms with Gasteiger partial charge in [0.05, 0.1) is 0 Å². The molecule has 1 aromatic rings. The number of carboxylic acids is 1. The molecule has 1 aromatic heterocycles. The first-order chi connectivity index (χ1) is 7.95. The standard InChI is InChI=1S/C12H17NO3S/c1-4-12(9(2)14,11(15)16)13(3)7-10-5-6-17-8-10/h5-6,8H,4,7H2,1-3H3,(H,15,16). The normalized spacial score (nSPS) is 14.6. The number of aliphatic carboxylic acids is 1. The lowest BCUT2D eigenvalue weighted by Gasteiger charge is -2.35. The minimum absolute atomic E-state index is 0.262. The predicted octanol–water partition coefficient (Wildman–Crippen LogP) is 2.00. The number of carboxylic acid groups (broad SMARTS) is 1. The number of hydrogen-bond acceptors (Lipinski definition) is 4. The lowest BCUT2D eigenvalue weighted by molar-refractivity contribution is -0.157. The molecule has 0 fully saturated rings. The van der Waals surface area contributed by atoms with Gasteiger partial charge in [-0.3, -0.25) is 9.69 Å². The quantitative estimate of drug-likeness (QED) is 0.790. The molecule has 17 heavy (non-hydrogen) atoms. The third kappa shape index (κ3) is 2.56. The molecule has 0 aliphatic rings. The molecule has 5 heteroatoms. The van der Waals surface area contributed by atoms with Crippen molar-refractivity contribution in [1.29, 1.82) is 0 Å². The van der Waals surface area contributed by atoms with Gasteiger partial charge in [-0.1, -0.05) is 6.92 Å². The molecule has 0 saturated carbocycles. The first kappa shape index (κ1) is 13.9. The Kier molecular flexibility index (Phi) is 4.42. The summed E-state index contributed by atoms with van der Waals surface area (Å²) in [5.41, 5.74) is -0.389. The lowest BCUT2D eigenvalue weighted by atomic mass is 9.89. The monoisotopic (exact) mass is 255 g/mol. The Morgan fingerprint density at radius 1 is 1.53 bits per heavy atom. The molecule has 4 nitrogen and oxygen atoms in total. The minimum Gasteiger partial charge on any atom is -0.480 e. The van der Waals surface area contributed by atoms with Crippen LogP contribution >= 0.6 is 11.3 Å². The number of hydrogen-bond donors (Lipinski definition) is 1. The molecule has 1 N–H and O–H groups in total. The minimum atomic E-state index is -1.41. The van der Waals surface area contributed by atoms with E-state index in [0.717, 1.165) is 5.56 Å². The van der Waals surface area contributed by atoms with E-state index in [4.69, 9.17) is 0 Å². The van der Waals surface area contributed by atoms with E-state index in [9.17, 15) is 14.7 Å². The molecule has 1 rings (SSSR count). The van der Waals surface area contributed by atoms with Gasteiger partial charge in [-0.25, -0.2) is 4.79 Å². The molecule has 1 heterocycles. The third-order valence-electron chi connectivity index (χ3n) is 3.10. The SMILES string of the molecule is CCC(C(C)=O)(C(=O)O)N(C)Cc1ccsc1. The highest BCUT2D eigenvalue weighted by Crippen LogP contribution is 2.23. The zero-order valence-corrected chi connectivity index (χ0v) is 11.1. The molecule has 0 radical (unpaired) electrons. The van der Waals surface area contributed by atoms with Gasteiger partial charge in [0.1, 0.15) is 0 Å².